The van der Waals surface area contributed by atoms with Gasteiger partial charge in [-0.3, -0.25) is 4.79 Å². The van der Waals surface area contributed by atoms with E-state index in [9.17, 15) is 4.79 Å². The quantitative estimate of drug-likeness (QED) is 0.691. The Bertz CT molecular complexity index is 293. The smallest absolute Gasteiger partial charge is 0.236 e. The van der Waals surface area contributed by atoms with Gasteiger partial charge in [-0.2, -0.15) is 0 Å². The lowest BCUT2D eigenvalue weighted by molar-refractivity contribution is -0.131. The second-order valence-corrected chi connectivity index (χ2v) is 4.07. The number of hydrogen-bond donors (Lipinski definition) is 1. The largest absolute Gasteiger partial charge is 0.368 e. The van der Waals surface area contributed by atoms with Crippen LogP contribution in [-0.2, 0) is 9.53 Å². The first kappa shape index (κ1) is 13.0. The number of nitrogens with one attached hydrogen (secondary N) is 1. The summed E-state index contributed by atoms with van der Waals surface area (Å²) in [6, 6.07) is 0. The topological polar surface area (TPSA) is 41.6 Å². The number of rotatable bonds is 3. The summed E-state index contributed by atoms with van der Waals surface area (Å²) in [6.07, 6.45) is 0.660. The van der Waals surface area contributed by atoms with Crippen molar-refractivity contribution < 1.29 is 9.53 Å². The van der Waals surface area contributed by atoms with Crippen molar-refractivity contribution in [2.45, 2.75) is 19.4 Å². The molecule has 0 radical (unpaired) electrons. The molecule has 0 spiro atoms. The summed E-state index contributed by atoms with van der Waals surface area (Å²) < 4.78 is 5.30. The minimum absolute atomic E-state index is 0.0646. The zero-order valence-corrected chi connectivity index (χ0v) is 10.2. The van der Waals surface area contributed by atoms with Crippen molar-refractivity contribution in [2.75, 3.05) is 33.8 Å². The van der Waals surface area contributed by atoms with Crippen molar-refractivity contribution in [3.8, 4) is 11.8 Å². The van der Waals surface area contributed by atoms with Gasteiger partial charge in [0.15, 0.2) is 0 Å². The van der Waals surface area contributed by atoms with Gasteiger partial charge in [0, 0.05) is 32.5 Å². The van der Waals surface area contributed by atoms with E-state index in [0.717, 1.165) is 6.42 Å². The number of hydrogen-bond acceptors (Lipinski definition) is 3. The van der Waals surface area contributed by atoms with Crippen molar-refractivity contribution in [3.05, 3.63) is 0 Å². The van der Waals surface area contributed by atoms with E-state index in [-0.39, 0.29) is 17.9 Å². The number of likely N-dealkylation sites (N-methyl/N-ethyl adjacent to an activating group) is 1. The molecular formula is C12H20N2O2. The highest BCUT2D eigenvalue weighted by Crippen LogP contribution is 2.11. The van der Waals surface area contributed by atoms with E-state index >= 15 is 0 Å². The third-order valence-corrected chi connectivity index (χ3v) is 2.71. The number of ether oxygens (including phenoxy) is 1. The van der Waals surface area contributed by atoms with E-state index in [4.69, 9.17) is 4.74 Å². The molecule has 0 bridgehead atoms. The molecule has 4 nitrogen and oxygen atoms in total. The molecule has 0 fully saturated rings. The standard InChI is InChI=1S/C12H20N2O2/c1-10-9-14(12(15)8-13-2)7-5-4-6-11(10)16-3/h10-11,13H,5,7-9H2,1-3H3. The Kier molecular flexibility index (Phi) is 5.30. The van der Waals surface area contributed by atoms with E-state index in [1.54, 1.807) is 14.2 Å². The maximum Gasteiger partial charge on any atom is 0.236 e. The highest BCUT2D eigenvalue weighted by atomic mass is 16.5. The van der Waals surface area contributed by atoms with Crippen LogP contribution < -0.4 is 5.32 Å². The number of carbonyl (C=O) groups is 1. The van der Waals surface area contributed by atoms with Crippen LogP contribution in [-0.4, -0.2) is 50.7 Å². The van der Waals surface area contributed by atoms with Crippen LogP contribution in [0.2, 0.25) is 0 Å². The molecule has 1 N–H and O–H groups in total. The van der Waals surface area contributed by atoms with Crippen LogP contribution in [0.3, 0.4) is 0 Å². The lowest BCUT2D eigenvalue weighted by atomic mass is 10.0. The zero-order valence-electron chi connectivity index (χ0n) is 10.2. The molecule has 2 atom stereocenters. The summed E-state index contributed by atoms with van der Waals surface area (Å²) in [4.78, 5) is 13.6. The fourth-order valence-electron chi connectivity index (χ4n) is 1.82. The fourth-order valence-corrected chi connectivity index (χ4v) is 1.82. The summed E-state index contributed by atoms with van der Waals surface area (Å²) in [5.41, 5.74) is 0. The van der Waals surface area contributed by atoms with Crippen LogP contribution in [0.15, 0.2) is 0 Å². The van der Waals surface area contributed by atoms with Gasteiger partial charge in [0.2, 0.25) is 5.91 Å². The van der Waals surface area contributed by atoms with Crippen molar-refractivity contribution in [1.82, 2.24) is 10.2 Å². The molecule has 0 saturated heterocycles. The number of nitrogens with zero attached hydrogens (tertiary/aromatic N) is 1. The fraction of sp³-hybridized carbons (Fsp3) is 0.750. The molecule has 16 heavy (non-hydrogen) atoms. The summed E-state index contributed by atoms with van der Waals surface area (Å²) in [5, 5.41) is 2.88. The van der Waals surface area contributed by atoms with Gasteiger partial charge in [0.1, 0.15) is 6.10 Å². The second kappa shape index (κ2) is 6.51. The Balaban J connectivity index is 2.64. The number of carbonyl (C=O) groups excluding carboxylic acids is 1. The van der Waals surface area contributed by atoms with Crippen molar-refractivity contribution in [3.63, 3.8) is 0 Å². The molecule has 0 aromatic carbocycles. The number of amides is 1. The Morgan fingerprint density at radius 1 is 1.62 bits per heavy atom. The van der Waals surface area contributed by atoms with Crippen LogP contribution in [0.1, 0.15) is 13.3 Å². The molecule has 4 heteroatoms. The molecule has 0 saturated carbocycles. The highest BCUT2D eigenvalue weighted by Gasteiger charge is 2.22. The van der Waals surface area contributed by atoms with Crippen molar-refractivity contribution in [2.24, 2.45) is 5.92 Å². The van der Waals surface area contributed by atoms with Gasteiger partial charge >= 0.3 is 0 Å². The molecule has 1 rings (SSSR count). The lowest BCUT2D eigenvalue weighted by Gasteiger charge is -2.28. The monoisotopic (exact) mass is 224 g/mol. The maximum atomic E-state index is 11.8. The van der Waals surface area contributed by atoms with Gasteiger partial charge in [-0.05, 0) is 7.05 Å². The molecular weight excluding hydrogens is 204 g/mol. The van der Waals surface area contributed by atoms with Crippen LogP contribution in [0.5, 0.6) is 0 Å². The Hall–Kier alpha value is -1.05. The average Bonchev–Trinajstić information content (AvgIpc) is 2.24. The first-order chi connectivity index (χ1) is 7.69. The highest BCUT2D eigenvalue weighted by molar-refractivity contribution is 5.78. The van der Waals surface area contributed by atoms with Gasteiger partial charge in [0.25, 0.3) is 0 Å². The normalized spacial score (nSPS) is 25.3. The van der Waals surface area contributed by atoms with Crippen molar-refractivity contribution >= 4 is 5.91 Å². The summed E-state index contributed by atoms with van der Waals surface area (Å²) in [5.74, 6) is 6.52. The van der Waals surface area contributed by atoms with Crippen LogP contribution in [0.4, 0.5) is 0 Å². The molecule has 1 heterocycles. The predicted molar refractivity (Wildman–Crippen MR) is 62.9 cm³/mol. The molecule has 1 amide bonds. The van der Waals surface area contributed by atoms with Crippen LogP contribution >= 0.6 is 0 Å². The summed E-state index contributed by atoms with van der Waals surface area (Å²) in [7, 11) is 3.44. The molecule has 90 valence electrons. The van der Waals surface area contributed by atoms with E-state index in [2.05, 4.69) is 24.1 Å². The average molecular weight is 224 g/mol. The molecule has 2 unspecified atom stereocenters. The predicted octanol–water partition coefficient (Wildman–Crippen LogP) is 0.0926. The van der Waals surface area contributed by atoms with Gasteiger partial charge in [-0.25, -0.2) is 0 Å². The second-order valence-electron chi connectivity index (χ2n) is 4.07. The lowest BCUT2D eigenvalue weighted by Crippen LogP contribution is -2.43. The minimum Gasteiger partial charge on any atom is -0.368 e. The Labute approximate surface area is 97.3 Å². The third-order valence-electron chi connectivity index (χ3n) is 2.71. The van der Waals surface area contributed by atoms with Crippen LogP contribution in [0, 0.1) is 17.8 Å². The molecule has 0 aromatic heterocycles. The number of methoxy groups -OCH3 is 1. The first-order valence-electron chi connectivity index (χ1n) is 5.62. The zero-order chi connectivity index (χ0) is 12.0. The van der Waals surface area contributed by atoms with Gasteiger partial charge in [-0.1, -0.05) is 18.8 Å². The van der Waals surface area contributed by atoms with Gasteiger partial charge in [0.05, 0.1) is 6.54 Å². The SMILES string of the molecule is CNCC(=O)N1CCC#CC(OC)C(C)C1. The first-order valence-corrected chi connectivity index (χ1v) is 5.62. The molecule has 0 aliphatic carbocycles. The molecule has 1 aliphatic heterocycles. The van der Waals surface area contributed by atoms with Gasteiger partial charge < -0.3 is 15.0 Å². The molecule has 1 aliphatic rings. The van der Waals surface area contributed by atoms with Crippen molar-refractivity contribution in [1.29, 1.82) is 0 Å². The van der Waals surface area contributed by atoms with Crippen LogP contribution in [0.25, 0.3) is 0 Å². The van der Waals surface area contributed by atoms with E-state index in [1.807, 2.05) is 4.90 Å². The Morgan fingerprint density at radius 3 is 3.00 bits per heavy atom. The van der Waals surface area contributed by atoms with Gasteiger partial charge in [-0.15, -0.1) is 0 Å². The van der Waals surface area contributed by atoms with E-state index in [0.29, 0.717) is 19.6 Å². The third kappa shape index (κ3) is 3.51. The van der Waals surface area contributed by atoms with E-state index in [1.165, 1.54) is 0 Å². The summed E-state index contributed by atoms with van der Waals surface area (Å²) >= 11 is 0. The maximum absolute atomic E-state index is 11.8. The minimum atomic E-state index is -0.0646. The summed E-state index contributed by atoms with van der Waals surface area (Å²) in [6.45, 7) is 3.88. The van der Waals surface area contributed by atoms with E-state index < -0.39 is 0 Å². The Morgan fingerprint density at radius 2 is 2.38 bits per heavy atom. The molecule has 0 aromatic rings.